The van der Waals surface area contributed by atoms with E-state index >= 15 is 0 Å². The lowest BCUT2D eigenvalue weighted by Gasteiger charge is -2.43. The Morgan fingerprint density at radius 2 is 1.94 bits per heavy atom. The molecule has 2 fully saturated rings. The number of piperidine rings is 1. The van der Waals surface area contributed by atoms with Gasteiger partial charge in [0.1, 0.15) is 5.75 Å². The molecule has 7 heteroatoms. The predicted molar refractivity (Wildman–Crippen MR) is 132 cm³/mol. The Kier molecular flexibility index (Phi) is 8.18. The largest absolute Gasteiger partial charge is 0.493 e. The fraction of sp³-hybridized carbons (Fsp3) is 0.500. The first kappa shape index (κ1) is 24.3. The smallest absolute Gasteiger partial charge is 0.223 e. The number of rotatable bonds is 7. The second-order valence-corrected chi connectivity index (χ2v) is 10.2. The molecule has 5 nitrogen and oxygen atoms in total. The van der Waals surface area contributed by atoms with E-state index in [1.807, 2.05) is 48.2 Å². The van der Waals surface area contributed by atoms with Crippen molar-refractivity contribution >= 4 is 29.1 Å². The molecule has 33 heavy (non-hydrogen) atoms. The fourth-order valence-electron chi connectivity index (χ4n) is 4.84. The predicted octanol–water partition coefficient (Wildman–Crippen LogP) is 5.21. The number of benzene rings is 2. The number of halogens is 2. The summed E-state index contributed by atoms with van der Waals surface area (Å²) in [6, 6.07) is 13.7. The highest BCUT2D eigenvalue weighted by Crippen LogP contribution is 2.36. The number of morpholine rings is 1. The molecule has 2 heterocycles. The van der Waals surface area contributed by atoms with Crippen molar-refractivity contribution in [2.45, 2.75) is 32.7 Å². The molecule has 0 saturated carbocycles. The molecule has 2 saturated heterocycles. The number of amides is 1. The minimum absolute atomic E-state index is 0.193. The van der Waals surface area contributed by atoms with Gasteiger partial charge in [0.05, 0.1) is 19.8 Å². The normalized spacial score (nSPS) is 21.7. The second kappa shape index (κ2) is 11.1. The van der Waals surface area contributed by atoms with Crippen molar-refractivity contribution < 1.29 is 14.3 Å². The van der Waals surface area contributed by atoms with Gasteiger partial charge in [-0.3, -0.25) is 9.69 Å². The Balaban J connectivity index is 1.50. The Bertz CT molecular complexity index is 964. The van der Waals surface area contributed by atoms with E-state index in [1.165, 1.54) is 5.56 Å². The third-order valence-corrected chi connectivity index (χ3v) is 7.26. The maximum absolute atomic E-state index is 13.3. The molecule has 4 rings (SSSR count). The van der Waals surface area contributed by atoms with Crippen LogP contribution in [0.1, 0.15) is 30.4 Å². The lowest BCUT2D eigenvalue weighted by atomic mass is 9.77. The van der Waals surface area contributed by atoms with Gasteiger partial charge in [-0.15, -0.1) is 0 Å². The molecule has 178 valence electrons. The summed E-state index contributed by atoms with van der Waals surface area (Å²) in [5.41, 5.74) is 1.92. The van der Waals surface area contributed by atoms with Crippen LogP contribution in [0.25, 0.3) is 0 Å². The molecular weight excluding hydrogens is 459 g/mol. The zero-order valence-electron chi connectivity index (χ0n) is 19.2. The molecule has 2 aromatic rings. The first-order valence-electron chi connectivity index (χ1n) is 11.6. The van der Waals surface area contributed by atoms with Crippen molar-refractivity contribution in [3.8, 4) is 5.75 Å². The van der Waals surface area contributed by atoms with Crippen molar-refractivity contribution in [2.75, 3.05) is 46.0 Å². The van der Waals surface area contributed by atoms with E-state index in [9.17, 15) is 4.79 Å². The van der Waals surface area contributed by atoms with Crippen molar-refractivity contribution in [1.82, 2.24) is 9.80 Å². The summed E-state index contributed by atoms with van der Waals surface area (Å²) >= 11 is 12.4. The van der Waals surface area contributed by atoms with Crippen LogP contribution < -0.4 is 4.74 Å². The van der Waals surface area contributed by atoms with Gasteiger partial charge in [-0.2, -0.15) is 0 Å². The molecule has 0 aromatic heterocycles. The zero-order valence-corrected chi connectivity index (χ0v) is 20.7. The first-order chi connectivity index (χ1) is 15.9. The van der Waals surface area contributed by atoms with E-state index in [0.29, 0.717) is 39.3 Å². The quantitative estimate of drug-likeness (QED) is 0.533. The highest BCUT2D eigenvalue weighted by atomic mass is 35.5. The SMILES string of the molecule is Cc1cc(OC[C@]2(CC(=O)N3CCOCC3)CCCN(Cc3cccc(Cl)c3)C2)ccc1Cl. The molecule has 0 radical (unpaired) electrons. The molecule has 0 aliphatic carbocycles. The molecule has 0 unspecified atom stereocenters. The number of likely N-dealkylation sites (tertiary alicyclic amines) is 1. The standard InChI is InChI=1S/C26H32Cl2N2O3/c1-20-14-23(6-7-24(20)28)33-19-26(16-25(31)30-10-12-32-13-11-30)8-3-9-29(18-26)17-21-4-2-5-22(27)15-21/h2,4-7,14-15H,3,8-13,16-19H2,1H3/t26-/m0/s1. The molecular formula is C26H32Cl2N2O3. The van der Waals surface area contributed by atoms with Crippen LogP contribution in [0.4, 0.5) is 0 Å². The molecule has 2 aliphatic rings. The van der Waals surface area contributed by atoms with E-state index < -0.39 is 0 Å². The maximum Gasteiger partial charge on any atom is 0.223 e. The summed E-state index contributed by atoms with van der Waals surface area (Å²) in [5, 5.41) is 1.48. The number of carbonyl (C=O) groups excluding carboxylic acids is 1. The highest BCUT2D eigenvalue weighted by Gasteiger charge is 2.39. The topological polar surface area (TPSA) is 42.0 Å². The average Bonchev–Trinajstić information content (AvgIpc) is 2.81. The third kappa shape index (κ3) is 6.63. The molecule has 1 amide bonds. The number of hydrogen-bond donors (Lipinski definition) is 0. The number of aryl methyl sites for hydroxylation is 1. The summed E-state index contributed by atoms with van der Waals surface area (Å²) in [6.07, 6.45) is 2.47. The summed E-state index contributed by atoms with van der Waals surface area (Å²) in [7, 11) is 0. The monoisotopic (exact) mass is 490 g/mol. The van der Waals surface area contributed by atoms with Crippen LogP contribution in [0.15, 0.2) is 42.5 Å². The Labute approximate surface area is 206 Å². The number of carbonyl (C=O) groups is 1. The highest BCUT2D eigenvalue weighted by molar-refractivity contribution is 6.31. The van der Waals surface area contributed by atoms with Gasteiger partial charge in [0.2, 0.25) is 5.91 Å². The third-order valence-electron chi connectivity index (χ3n) is 6.60. The van der Waals surface area contributed by atoms with Crippen LogP contribution in [0.2, 0.25) is 10.0 Å². The fourth-order valence-corrected chi connectivity index (χ4v) is 5.17. The number of nitrogens with zero attached hydrogens (tertiary/aromatic N) is 2. The Hall–Kier alpha value is -1.79. The van der Waals surface area contributed by atoms with Gasteiger partial charge < -0.3 is 14.4 Å². The number of hydrogen-bond acceptors (Lipinski definition) is 4. The minimum Gasteiger partial charge on any atom is -0.493 e. The van der Waals surface area contributed by atoms with Gasteiger partial charge in [0.15, 0.2) is 0 Å². The van der Waals surface area contributed by atoms with Gasteiger partial charge in [-0.25, -0.2) is 0 Å². The summed E-state index contributed by atoms with van der Waals surface area (Å²) in [5.74, 6) is 0.987. The van der Waals surface area contributed by atoms with E-state index in [-0.39, 0.29) is 11.3 Å². The van der Waals surface area contributed by atoms with Crippen molar-refractivity contribution in [2.24, 2.45) is 5.41 Å². The molecule has 0 spiro atoms. The number of ether oxygens (including phenoxy) is 2. The van der Waals surface area contributed by atoms with Crippen LogP contribution in [-0.2, 0) is 16.1 Å². The molecule has 2 aromatic carbocycles. The molecule has 1 atom stereocenters. The summed E-state index contributed by atoms with van der Waals surface area (Å²) in [6.45, 7) is 7.64. The van der Waals surface area contributed by atoms with Crippen LogP contribution in [0.3, 0.4) is 0 Å². The van der Waals surface area contributed by atoms with E-state index in [4.69, 9.17) is 32.7 Å². The Morgan fingerprint density at radius 3 is 2.70 bits per heavy atom. The van der Waals surface area contributed by atoms with Crippen LogP contribution >= 0.6 is 23.2 Å². The van der Waals surface area contributed by atoms with E-state index in [0.717, 1.165) is 53.8 Å². The van der Waals surface area contributed by atoms with Crippen molar-refractivity contribution in [1.29, 1.82) is 0 Å². The molecule has 0 N–H and O–H groups in total. The van der Waals surface area contributed by atoms with Crippen LogP contribution in [-0.4, -0.2) is 61.7 Å². The zero-order chi connectivity index (χ0) is 23.3. The minimum atomic E-state index is -0.250. The van der Waals surface area contributed by atoms with Crippen molar-refractivity contribution in [3.05, 3.63) is 63.6 Å². The van der Waals surface area contributed by atoms with Crippen LogP contribution in [0.5, 0.6) is 5.75 Å². The average molecular weight is 491 g/mol. The van der Waals surface area contributed by atoms with Gasteiger partial charge in [-0.1, -0.05) is 35.3 Å². The van der Waals surface area contributed by atoms with Crippen LogP contribution in [0, 0.1) is 12.3 Å². The summed E-state index contributed by atoms with van der Waals surface area (Å²) in [4.78, 5) is 17.6. The lowest BCUT2D eigenvalue weighted by Crippen LogP contribution is -2.50. The first-order valence-corrected chi connectivity index (χ1v) is 12.4. The van der Waals surface area contributed by atoms with Gasteiger partial charge in [0.25, 0.3) is 0 Å². The van der Waals surface area contributed by atoms with E-state index in [2.05, 4.69) is 11.0 Å². The molecule has 0 bridgehead atoms. The van der Waals surface area contributed by atoms with E-state index in [1.54, 1.807) is 0 Å². The van der Waals surface area contributed by atoms with Gasteiger partial charge in [0, 0.05) is 48.1 Å². The maximum atomic E-state index is 13.3. The second-order valence-electron chi connectivity index (χ2n) is 9.31. The summed E-state index contributed by atoms with van der Waals surface area (Å²) < 4.78 is 11.7. The van der Waals surface area contributed by atoms with Gasteiger partial charge in [-0.05, 0) is 67.8 Å². The van der Waals surface area contributed by atoms with Gasteiger partial charge >= 0.3 is 0 Å². The molecule has 2 aliphatic heterocycles. The Morgan fingerprint density at radius 1 is 1.12 bits per heavy atom. The van der Waals surface area contributed by atoms with Crippen molar-refractivity contribution in [3.63, 3.8) is 0 Å². The lowest BCUT2D eigenvalue weighted by molar-refractivity contribution is -0.139.